The zero-order chi connectivity index (χ0) is 15.4. The first-order chi connectivity index (χ1) is 10.0. The number of carbonyl (C=O) groups excluding carboxylic acids is 1. The number of carbonyl (C=O) groups is 1. The van der Waals surface area contributed by atoms with E-state index in [2.05, 4.69) is 21.2 Å². The van der Waals surface area contributed by atoms with Crippen LogP contribution in [0.5, 0.6) is 0 Å². The molecule has 3 N–H and O–H groups in total. The summed E-state index contributed by atoms with van der Waals surface area (Å²) < 4.78 is 0.810. The number of halogens is 2. The molecule has 110 valence electrons. The van der Waals surface area contributed by atoms with Crippen LogP contribution in [-0.2, 0) is 17.8 Å². The molecule has 3 nitrogen and oxygen atoms in total. The van der Waals surface area contributed by atoms with Gasteiger partial charge in [-0.05, 0) is 51.7 Å². The predicted molar refractivity (Wildman–Crippen MR) is 90.6 cm³/mol. The molecule has 2 aromatic rings. The minimum absolute atomic E-state index is 0.100. The fourth-order valence-corrected chi connectivity index (χ4v) is 2.76. The summed E-state index contributed by atoms with van der Waals surface area (Å²) in [5.74, 6) is -0.100. The van der Waals surface area contributed by atoms with Gasteiger partial charge in [0.1, 0.15) is 0 Å². The molecule has 0 aromatic heterocycles. The molecule has 0 aliphatic rings. The Balaban J connectivity index is 2.14. The summed E-state index contributed by atoms with van der Waals surface area (Å²) in [5, 5.41) is 3.49. The Morgan fingerprint density at radius 2 is 1.95 bits per heavy atom. The van der Waals surface area contributed by atoms with Crippen molar-refractivity contribution in [3.63, 3.8) is 0 Å². The average Bonchev–Trinajstić information content (AvgIpc) is 2.45. The summed E-state index contributed by atoms with van der Waals surface area (Å²) in [6.45, 7) is 2.33. The second-order valence-electron chi connectivity index (χ2n) is 4.78. The van der Waals surface area contributed by atoms with Gasteiger partial charge in [-0.2, -0.15) is 0 Å². The van der Waals surface area contributed by atoms with Crippen molar-refractivity contribution in [2.75, 3.05) is 5.32 Å². The predicted octanol–water partition coefficient (Wildman–Crippen LogP) is 4.05. The van der Waals surface area contributed by atoms with E-state index >= 15 is 0 Å². The number of amides is 1. The number of rotatable bonds is 4. The van der Waals surface area contributed by atoms with Gasteiger partial charge in [0.25, 0.3) is 0 Å². The van der Waals surface area contributed by atoms with E-state index in [9.17, 15) is 4.79 Å². The SMILES string of the molecule is Cc1cc(Br)c(NC(=O)Cc2ccccc2CN)cc1Cl. The van der Waals surface area contributed by atoms with Crippen LogP contribution in [0.1, 0.15) is 16.7 Å². The number of anilines is 1. The molecule has 2 rings (SSSR count). The molecule has 2 aromatic carbocycles. The third-order valence-electron chi connectivity index (χ3n) is 3.21. The number of nitrogens with two attached hydrogens (primary N) is 1. The standard InChI is InChI=1S/C16H16BrClN2O/c1-10-6-13(17)15(8-14(10)18)20-16(21)7-11-4-2-3-5-12(11)9-19/h2-6,8H,7,9,19H2,1H3,(H,20,21). The molecule has 0 fully saturated rings. The summed E-state index contributed by atoms with van der Waals surface area (Å²) in [6.07, 6.45) is 0.283. The molecule has 0 atom stereocenters. The average molecular weight is 368 g/mol. The van der Waals surface area contributed by atoms with Gasteiger partial charge in [0, 0.05) is 16.0 Å². The van der Waals surface area contributed by atoms with Crippen LogP contribution in [0.25, 0.3) is 0 Å². The van der Waals surface area contributed by atoms with Crippen LogP contribution in [0.3, 0.4) is 0 Å². The fraction of sp³-hybridized carbons (Fsp3) is 0.188. The molecule has 5 heteroatoms. The van der Waals surface area contributed by atoms with E-state index in [4.69, 9.17) is 17.3 Å². The summed E-state index contributed by atoms with van der Waals surface area (Å²) in [5.41, 5.74) is 9.22. The zero-order valence-corrected chi connectivity index (χ0v) is 14.0. The van der Waals surface area contributed by atoms with Crippen LogP contribution < -0.4 is 11.1 Å². The van der Waals surface area contributed by atoms with Gasteiger partial charge in [-0.3, -0.25) is 4.79 Å². The molecule has 0 saturated heterocycles. The lowest BCUT2D eigenvalue weighted by molar-refractivity contribution is -0.115. The van der Waals surface area contributed by atoms with E-state index in [0.29, 0.717) is 17.3 Å². The molecule has 0 aliphatic heterocycles. The highest BCUT2D eigenvalue weighted by molar-refractivity contribution is 9.10. The minimum atomic E-state index is -0.100. The first kappa shape index (κ1) is 16.0. The molecule has 0 aliphatic carbocycles. The molecule has 0 heterocycles. The fourth-order valence-electron chi connectivity index (χ4n) is 2.04. The molecule has 21 heavy (non-hydrogen) atoms. The Bertz CT molecular complexity index is 673. The molecular formula is C16H16BrClN2O. The molecular weight excluding hydrogens is 352 g/mol. The highest BCUT2D eigenvalue weighted by atomic mass is 79.9. The van der Waals surface area contributed by atoms with E-state index in [1.807, 2.05) is 37.3 Å². The second-order valence-corrected chi connectivity index (χ2v) is 6.04. The van der Waals surface area contributed by atoms with Gasteiger partial charge in [-0.1, -0.05) is 35.9 Å². The minimum Gasteiger partial charge on any atom is -0.326 e. The van der Waals surface area contributed by atoms with E-state index < -0.39 is 0 Å². The summed E-state index contributed by atoms with van der Waals surface area (Å²) >= 11 is 9.52. The van der Waals surface area contributed by atoms with E-state index in [0.717, 1.165) is 21.2 Å². The molecule has 0 saturated carbocycles. The van der Waals surface area contributed by atoms with Crippen molar-refractivity contribution in [2.45, 2.75) is 19.9 Å². The normalized spacial score (nSPS) is 10.5. The van der Waals surface area contributed by atoms with Crippen molar-refractivity contribution in [2.24, 2.45) is 5.73 Å². The Morgan fingerprint density at radius 1 is 1.29 bits per heavy atom. The van der Waals surface area contributed by atoms with Crippen molar-refractivity contribution >= 4 is 39.1 Å². The van der Waals surface area contributed by atoms with Crippen molar-refractivity contribution in [3.8, 4) is 0 Å². The second kappa shape index (κ2) is 7.07. The number of hydrogen-bond acceptors (Lipinski definition) is 2. The number of nitrogens with one attached hydrogen (secondary N) is 1. The van der Waals surface area contributed by atoms with Crippen LogP contribution in [0.15, 0.2) is 40.9 Å². The maximum absolute atomic E-state index is 12.2. The lowest BCUT2D eigenvalue weighted by Crippen LogP contribution is -2.16. The third kappa shape index (κ3) is 4.06. The number of hydrogen-bond donors (Lipinski definition) is 2. The Kier molecular flexibility index (Phi) is 5.39. The van der Waals surface area contributed by atoms with Gasteiger partial charge in [-0.15, -0.1) is 0 Å². The lowest BCUT2D eigenvalue weighted by atomic mass is 10.0. The maximum Gasteiger partial charge on any atom is 0.228 e. The summed E-state index contributed by atoms with van der Waals surface area (Å²) in [6, 6.07) is 11.3. The molecule has 0 radical (unpaired) electrons. The van der Waals surface area contributed by atoms with Crippen LogP contribution in [0.4, 0.5) is 5.69 Å². The van der Waals surface area contributed by atoms with Gasteiger partial charge in [0.05, 0.1) is 12.1 Å². The monoisotopic (exact) mass is 366 g/mol. The molecule has 0 spiro atoms. The van der Waals surface area contributed by atoms with E-state index in [1.165, 1.54) is 0 Å². The van der Waals surface area contributed by atoms with Crippen molar-refractivity contribution in [1.29, 1.82) is 0 Å². The topological polar surface area (TPSA) is 55.1 Å². The molecule has 0 unspecified atom stereocenters. The maximum atomic E-state index is 12.2. The molecule has 0 bridgehead atoms. The van der Waals surface area contributed by atoms with Crippen LogP contribution in [0, 0.1) is 6.92 Å². The molecule has 1 amide bonds. The summed E-state index contributed by atoms with van der Waals surface area (Å²) in [7, 11) is 0. The quantitative estimate of drug-likeness (QED) is 0.856. The van der Waals surface area contributed by atoms with E-state index in [1.54, 1.807) is 6.07 Å². The Labute approximate surface area is 137 Å². The smallest absolute Gasteiger partial charge is 0.228 e. The number of aryl methyl sites for hydroxylation is 1. The lowest BCUT2D eigenvalue weighted by Gasteiger charge is -2.11. The first-order valence-electron chi connectivity index (χ1n) is 6.53. The van der Waals surface area contributed by atoms with Gasteiger partial charge in [-0.25, -0.2) is 0 Å². The van der Waals surface area contributed by atoms with Gasteiger partial charge in [0.2, 0.25) is 5.91 Å². The Morgan fingerprint density at radius 3 is 2.62 bits per heavy atom. The van der Waals surface area contributed by atoms with Gasteiger partial charge in [0.15, 0.2) is 0 Å². The van der Waals surface area contributed by atoms with Crippen molar-refractivity contribution in [3.05, 3.63) is 62.6 Å². The van der Waals surface area contributed by atoms with Crippen molar-refractivity contribution < 1.29 is 4.79 Å². The zero-order valence-electron chi connectivity index (χ0n) is 11.6. The van der Waals surface area contributed by atoms with Crippen molar-refractivity contribution in [1.82, 2.24) is 0 Å². The van der Waals surface area contributed by atoms with Crippen LogP contribution >= 0.6 is 27.5 Å². The highest BCUT2D eigenvalue weighted by Gasteiger charge is 2.10. The van der Waals surface area contributed by atoms with E-state index in [-0.39, 0.29) is 12.3 Å². The summed E-state index contributed by atoms with van der Waals surface area (Å²) in [4.78, 5) is 12.2. The highest BCUT2D eigenvalue weighted by Crippen LogP contribution is 2.29. The third-order valence-corrected chi connectivity index (χ3v) is 4.27. The largest absolute Gasteiger partial charge is 0.326 e. The van der Waals surface area contributed by atoms with Gasteiger partial charge < -0.3 is 11.1 Å². The Hall–Kier alpha value is -1.36. The van der Waals surface area contributed by atoms with Gasteiger partial charge >= 0.3 is 0 Å². The van der Waals surface area contributed by atoms with Crippen LogP contribution in [-0.4, -0.2) is 5.91 Å². The number of benzene rings is 2. The first-order valence-corrected chi connectivity index (χ1v) is 7.70. The van der Waals surface area contributed by atoms with Crippen LogP contribution in [0.2, 0.25) is 5.02 Å².